The van der Waals surface area contributed by atoms with E-state index < -0.39 is 0 Å². The van der Waals surface area contributed by atoms with Crippen LogP contribution in [0.3, 0.4) is 0 Å². The van der Waals surface area contributed by atoms with Crippen LogP contribution in [-0.2, 0) is 37.4 Å². The molecule has 0 aliphatic carbocycles. The Labute approximate surface area is 178 Å². The van der Waals surface area contributed by atoms with Gasteiger partial charge in [-0.3, -0.25) is 14.3 Å². The van der Waals surface area contributed by atoms with Crippen LogP contribution in [0.5, 0.6) is 0 Å². The number of amides is 1. The molecule has 1 aromatic heterocycles. The van der Waals surface area contributed by atoms with Crippen molar-refractivity contribution in [3.63, 3.8) is 0 Å². The average molecular weight is 412 g/mol. The number of fused-ring (bicyclic) bond motifs is 1. The highest BCUT2D eigenvalue weighted by molar-refractivity contribution is 5.75. The number of hydrogen-bond acceptors (Lipinski definition) is 4. The molecule has 7 heteroatoms. The van der Waals surface area contributed by atoms with Crippen LogP contribution in [-0.4, -0.2) is 37.7 Å². The largest absolute Gasteiger partial charge is 0.350 e. The molecule has 7 nitrogen and oxygen atoms in total. The molecular formula is C23H33N5O2. The first-order valence-corrected chi connectivity index (χ1v) is 11.4. The molecule has 1 aromatic carbocycles. The summed E-state index contributed by atoms with van der Waals surface area (Å²) in [4.78, 5) is 27.6. The van der Waals surface area contributed by atoms with Gasteiger partial charge in [-0.1, -0.05) is 37.1 Å². The third-order valence-electron chi connectivity index (χ3n) is 6.48. The summed E-state index contributed by atoms with van der Waals surface area (Å²) >= 11 is 0. The SMILES string of the molecule is CC1CCCCN1Cc1ccccc1CNC(=O)Cn1nc2n(c1=O)CCCCC2. The van der Waals surface area contributed by atoms with E-state index in [0.717, 1.165) is 50.2 Å². The first-order chi connectivity index (χ1) is 14.6. The van der Waals surface area contributed by atoms with Crippen LogP contribution in [0.15, 0.2) is 29.1 Å². The summed E-state index contributed by atoms with van der Waals surface area (Å²) in [5, 5.41) is 7.40. The van der Waals surface area contributed by atoms with Gasteiger partial charge in [0, 0.05) is 32.1 Å². The van der Waals surface area contributed by atoms with Crippen molar-refractivity contribution in [3.8, 4) is 0 Å². The summed E-state index contributed by atoms with van der Waals surface area (Å²) in [5.74, 6) is 0.637. The van der Waals surface area contributed by atoms with Crippen molar-refractivity contribution < 1.29 is 4.79 Å². The summed E-state index contributed by atoms with van der Waals surface area (Å²) in [5.41, 5.74) is 2.23. The summed E-state index contributed by atoms with van der Waals surface area (Å²) in [6.07, 6.45) is 7.80. The second kappa shape index (κ2) is 9.60. The third kappa shape index (κ3) is 4.83. The van der Waals surface area contributed by atoms with Gasteiger partial charge >= 0.3 is 5.69 Å². The molecule has 30 heavy (non-hydrogen) atoms. The van der Waals surface area contributed by atoms with Crippen LogP contribution >= 0.6 is 0 Å². The fourth-order valence-electron chi connectivity index (χ4n) is 4.61. The highest BCUT2D eigenvalue weighted by Crippen LogP contribution is 2.20. The fourth-order valence-corrected chi connectivity index (χ4v) is 4.61. The zero-order valence-electron chi connectivity index (χ0n) is 18.0. The van der Waals surface area contributed by atoms with Gasteiger partial charge in [0.2, 0.25) is 5.91 Å². The smallest absolute Gasteiger partial charge is 0.346 e. The van der Waals surface area contributed by atoms with E-state index >= 15 is 0 Å². The molecule has 0 radical (unpaired) electrons. The van der Waals surface area contributed by atoms with Gasteiger partial charge in [-0.25, -0.2) is 9.48 Å². The molecule has 1 N–H and O–H groups in total. The van der Waals surface area contributed by atoms with Gasteiger partial charge in [-0.05, 0) is 50.3 Å². The van der Waals surface area contributed by atoms with Crippen molar-refractivity contribution in [1.29, 1.82) is 0 Å². The van der Waals surface area contributed by atoms with Gasteiger partial charge in [-0.2, -0.15) is 5.10 Å². The van der Waals surface area contributed by atoms with Crippen molar-refractivity contribution in [2.75, 3.05) is 6.54 Å². The summed E-state index contributed by atoms with van der Waals surface area (Å²) in [7, 11) is 0. The molecule has 2 aliphatic heterocycles. The van der Waals surface area contributed by atoms with Crippen LogP contribution in [0.1, 0.15) is 62.4 Å². The monoisotopic (exact) mass is 411 g/mol. The van der Waals surface area contributed by atoms with E-state index in [1.807, 2.05) is 6.07 Å². The highest BCUT2D eigenvalue weighted by Gasteiger charge is 2.20. The lowest BCUT2D eigenvalue weighted by Gasteiger charge is -2.33. The van der Waals surface area contributed by atoms with Gasteiger partial charge in [0.05, 0.1) is 0 Å². The Bertz CT molecular complexity index is 932. The number of aromatic nitrogens is 3. The van der Waals surface area contributed by atoms with Crippen molar-refractivity contribution in [2.45, 2.75) is 84.1 Å². The number of piperidine rings is 1. The Balaban J connectivity index is 1.37. The molecule has 1 unspecified atom stereocenters. The van der Waals surface area contributed by atoms with E-state index in [2.05, 4.69) is 40.4 Å². The van der Waals surface area contributed by atoms with Crippen molar-refractivity contribution in [3.05, 3.63) is 51.7 Å². The van der Waals surface area contributed by atoms with Crippen LogP contribution in [0.2, 0.25) is 0 Å². The van der Waals surface area contributed by atoms with Gasteiger partial charge in [0.1, 0.15) is 12.4 Å². The minimum Gasteiger partial charge on any atom is -0.350 e. The average Bonchev–Trinajstić information content (AvgIpc) is 2.91. The number of carbonyl (C=O) groups excluding carboxylic acids is 1. The normalized spacial score (nSPS) is 19.8. The fraction of sp³-hybridized carbons (Fsp3) is 0.609. The van der Waals surface area contributed by atoms with E-state index in [4.69, 9.17) is 0 Å². The number of rotatable bonds is 6. The van der Waals surface area contributed by atoms with Crippen LogP contribution in [0.4, 0.5) is 0 Å². The Morgan fingerprint density at radius 1 is 1.10 bits per heavy atom. The van der Waals surface area contributed by atoms with E-state index in [1.54, 1.807) is 4.57 Å². The zero-order valence-corrected chi connectivity index (χ0v) is 18.0. The maximum absolute atomic E-state index is 12.6. The lowest BCUT2D eigenvalue weighted by Crippen LogP contribution is -2.37. The Kier molecular flexibility index (Phi) is 6.67. The minimum absolute atomic E-state index is 0.0237. The van der Waals surface area contributed by atoms with E-state index in [-0.39, 0.29) is 18.1 Å². The molecule has 3 heterocycles. The zero-order chi connectivity index (χ0) is 20.9. The molecule has 1 fully saturated rings. The third-order valence-corrected chi connectivity index (χ3v) is 6.48. The number of benzene rings is 1. The predicted octanol–water partition coefficient (Wildman–Crippen LogP) is 2.46. The van der Waals surface area contributed by atoms with Gasteiger partial charge in [0.25, 0.3) is 0 Å². The van der Waals surface area contributed by atoms with Crippen LogP contribution in [0.25, 0.3) is 0 Å². The predicted molar refractivity (Wildman–Crippen MR) is 116 cm³/mol. The molecule has 2 aromatic rings. The van der Waals surface area contributed by atoms with Crippen molar-refractivity contribution >= 4 is 5.91 Å². The van der Waals surface area contributed by atoms with Crippen LogP contribution < -0.4 is 11.0 Å². The quantitative estimate of drug-likeness (QED) is 0.793. The van der Waals surface area contributed by atoms with Gasteiger partial charge in [0.15, 0.2) is 0 Å². The molecule has 0 bridgehead atoms. The highest BCUT2D eigenvalue weighted by atomic mass is 16.2. The number of nitrogens with zero attached hydrogens (tertiary/aromatic N) is 4. The Morgan fingerprint density at radius 2 is 1.90 bits per heavy atom. The second-order valence-electron chi connectivity index (χ2n) is 8.68. The summed E-state index contributed by atoms with van der Waals surface area (Å²) in [6.45, 7) is 5.51. The number of hydrogen-bond donors (Lipinski definition) is 1. The molecule has 2 aliphatic rings. The molecule has 162 valence electrons. The Hall–Kier alpha value is -2.41. The summed E-state index contributed by atoms with van der Waals surface area (Å²) < 4.78 is 3.05. The van der Waals surface area contributed by atoms with E-state index in [9.17, 15) is 9.59 Å². The lowest BCUT2D eigenvalue weighted by atomic mass is 10.0. The first-order valence-electron chi connectivity index (χ1n) is 11.4. The maximum atomic E-state index is 12.6. The van der Waals surface area contributed by atoms with Gasteiger partial charge < -0.3 is 5.32 Å². The molecule has 1 saturated heterocycles. The van der Waals surface area contributed by atoms with E-state index in [1.165, 1.54) is 29.5 Å². The molecule has 1 atom stereocenters. The molecule has 4 rings (SSSR count). The number of nitrogens with one attached hydrogen (secondary N) is 1. The molecule has 1 amide bonds. The number of carbonyl (C=O) groups is 1. The lowest BCUT2D eigenvalue weighted by molar-refractivity contribution is -0.122. The molecule has 0 spiro atoms. The minimum atomic E-state index is -0.175. The van der Waals surface area contributed by atoms with Crippen molar-refractivity contribution in [2.24, 2.45) is 0 Å². The maximum Gasteiger partial charge on any atom is 0.346 e. The standard InChI is InChI=1S/C23H33N5O2/c1-18-9-6-8-13-26(18)16-20-11-5-4-10-19(20)15-24-22(29)17-28-23(30)27-14-7-2-3-12-21(27)25-28/h4-5,10-11,18H,2-3,6-9,12-17H2,1H3,(H,24,29). The first kappa shape index (κ1) is 20.8. The number of aryl methyl sites for hydroxylation is 1. The second-order valence-corrected chi connectivity index (χ2v) is 8.68. The topological polar surface area (TPSA) is 72.2 Å². The van der Waals surface area contributed by atoms with Crippen molar-refractivity contribution in [1.82, 2.24) is 24.6 Å². The number of likely N-dealkylation sites (tertiary alicyclic amines) is 1. The Morgan fingerprint density at radius 3 is 2.73 bits per heavy atom. The molecule has 0 saturated carbocycles. The molecular weight excluding hydrogens is 378 g/mol. The van der Waals surface area contributed by atoms with E-state index in [0.29, 0.717) is 19.1 Å². The summed E-state index contributed by atoms with van der Waals surface area (Å²) in [6, 6.07) is 8.91. The van der Waals surface area contributed by atoms with Crippen LogP contribution in [0, 0.1) is 0 Å². The van der Waals surface area contributed by atoms with Gasteiger partial charge in [-0.15, -0.1) is 0 Å².